The first kappa shape index (κ1) is 35.3. The molecule has 0 saturated heterocycles. The Balaban J connectivity index is 1.60. The Kier molecular flexibility index (Phi) is 12.0. The van der Waals surface area contributed by atoms with Gasteiger partial charge in [0.2, 0.25) is 11.8 Å². The van der Waals surface area contributed by atoms with Crippen LogP contribution in [0, 0.1) is 0 Å². The van der Waals surface area contributed by atoms with Crippen LogP contribution in [-0.4, -0.2) is 50.4 Å². The van der Waals surface area contributed by atoms with Crippen molar-refractivity contribution >= 4 is 50.7 Å². The highest BCUT2D eigenvalue weighted by Gasteiger charge is 2.36. The fraction of sp³-hybridized carbons (Fsp3) is 0.297. The number of rotatable bonds is 14. The summed E-state index contributed by atoms with van der Waals surface area (Å²) in [4.78, 5) is 30.4. The van der Waals surface area contributed by atoms with Crippen molar-refractivity contribution in [3.05, 3.63) is 124 Å². The Morgan fingerprint density at radius 2 is 1.50 bits per heavy atom. The maximum absolute atomic E-state index is 14.7. The lowest BCUT2D eigenvalue weighted by Crippen LogP contribution is -2.54. The number of hydrogen-bond acceptors (Lipinski definition) is 5. The van der Waals surface area contributed by atoms with Gasteiger partial charge < -0.3 is 15.0 Å². The standard InChI is InChI=1S/C37H39Cl2N3O5S/c1-2-47-35-20-12-11-19-33(35)42(48(45,46)30-17-7-4-8-18-30)26-36(43)41(25-28-21-22-31(38)32(39)23-28)34(24-27-13-5-3-6-14-27)37(44)40-29-15-9-10-16-29/h3-8,11-14,17-23,29,34H,2,9-10,15-16,24-26H2,1H3,(H,40,44)/t34-/m0/s1. The van der Waals surface area contributed by atoms with E-state index in [0.717, 1.165) is 35.6 Å². The van der Waals surface area contributed by atoms with Crippen molar-refractivity contribution in [2.24, 2.45) is 0 Å². The second kappa shape index (κ2) is 16.4. The van der Waals surface area contributed by atoms with Gasteiger partial charge in [-0.25, -0.2) is 8.42 Å². The number of nitrogens with one attached hydrogen (secondary N) is 1. The fourth-order valence-corrected chi connectivity index (χ4v) is 7.70. The third kappa shape index (κ3) is 8.69. The van der Waals surface area contributed by atoms with Gasteiger partial charge in [-0.3, -0.25) is 13.9 Å². The van der Waals surface area contributed by atoms with E-state index in [9.17, 15) is 18.0 Å². The van der Waals surface area contributed by atoms with E-state index >= 15 is 0 Å². The molecule has 1 saturated carbocycles. The van der Waals surface area contributed by atoms with Gasteiger partial charge in [-0.05, 0) is 67.3 Å². The fourth-order valence-electron chi connectivity index (χ4n) is 5.93. The van der Waals surface area contributed by atoms with Gasteiger partial charge >= 0.3 is 0 Å². The summed E-state index contributed by atoms with van der Waals surface area (Å²) in [6.07, 6.45) is 3.98. The molecule has 4 aromatic carbocycles. The van der Waals surface area contributed by atoms with E-state index < -0.39 is 28.5 Å². The lowest BCUT2D eigenvalue weighted by molar-refractivity contribution is -0.140. The van der Waals surface area contributed by atoms with E-state index in [1.54, 1.807) is 67.6 Å². The number of halogens is 2. The molecule has 1 N–H and O–H groups in total. The molecule has 0 heterocycles. The number of benzene rings is 4. The molecule has 0 spiro atoms. The molecule has 2 amide bonds. The average molecular weight is 709 g/mol. The predicted octanol–water partition coefficient (Wildman–Crippen LogP) is 7.29. The number of carbonyl (C=O) groups excluding carboxylic acids is 2. The van der Waals surface area contributed by atoms with Gasteiger partial charge in [0.1, 0.15) is 18.3 Å². The first-order chi connectivity index (χ1) is 23.2. The normalized spacial score (nSPS) is 13.9. The minimum Gasteiger partial charge on any atom is -0.492 e. The van der Waals surface area contributed by atoms with Gasteiger partial charge in [0.05, 0.1) is 27.2 Å². The van der Waals surface area contributed by atoms with E-state index in [4.69, 9.17) is 27.9 Å². The zero-order valence-corrected chi connectivity index (χ0v) is 29.1. The number of ether oxygens (including phenoxy) is 1. The van der Waals surface area contributed by atoms with E-state index in [1.807, 2.05) is 30.3 Å². The quantitative estimate of drug-likeness (QED) is 0.149. The monoisotopic (exact) mass is 707 g/mol. The van der Waals surface area contributed by atoms with Crippen molar-refractivity contribution in [1.29, 1.82) is 0 Å². The molecular formula is C37H39Cl2N3O5S. The third-order valence-electron chi connectivity index (χ3n) is 8.35. The van der Waals surface area contributed by atoms with Crippen LogP contribution in [0.5, 0.6) is 5.75 Å². The van der Waals surface area contributed by atoms with Crippen LogP contribution in [0.1, 0.15) is 43.7 Å². The van der Waals surface area contributed by atoms with Crippen molar-refractivity contribution < 1.29 is 22.7 Å². The first-order valence-corrected chi connectivity index (χ1v) is 18.2. The summed E-state index contributed by atoms with van der Waals surface area (Å²) in [6.45, 7) is 1.48. The molecule has 1 aliphatic rings. The Morgan fingerprint density at radius 1 is 0.854 bits per heavy atom. The molecule has 11 heteroatoms. The van der Waals surface area contributed by atoms with Crippen molar-refractivity contribution in [1.82, 2.24) is 10.2 Å². The van der Waals surface area contributed by atoms with Crippen molar-refractivity contribution in [2.75, 3.05) is 17.5 Å². The van der Waals surface area contributed by atoms with E-state index in [2.05, 4.69) is 5.32 Å². The maximum atomic E-state index is 14.7. The smallest absolute Gasteiger partial charge is 0.264 e. The largest absolute Gasteiger partial charge is 0.492 e. The SMILES string of the molecule is CCOc1ccccc1N(CC(=O)N(Cc1ccc(Cl)c(Cl)c1)[C@@H](Cc1ccccc1)C(=O)NC1CCCC1)S(=O)(=O)c1ccccc1. The summed E-state index contributed by atoms with van der Waals surface area (Å²) >= 11 is 12.6. The van der Waals surface area contributed by atoms with Crippen molar-refractivity contribution in [3.63, 3.8) is 0 Å². The number of nitrogens with zero attached hydrogens (tertiary/aromatic N) is 2. The van der Waals surface area contributed by atoms with Crippen LogP contribution in [-0.2, 0) is 32.6 Å². The molecule has 4 aromatic rings. The minimum atomic E-state index is -4.27. The molecule has 5 rings (SSSR count). The number of carbonyl (C=O) groups is 2. The second-order valence-corrected chi connectivity index (χ2v) is 14.4. The topological polar surface area (TPSA) is 96.0 Å². The Labute approximate surface area is 292 Å². The van der Waals surface area contributed by atoms with Crippen molar-refractivity contribution in [3.8, 4) is 5.75 Å². The number of amides is 2. The van der Waals surface area contributed by atoms with E-state index in [-0.39, 0.29) is 42.1 Å². The van der Waals surface area contributed by atoms with Crippen LogP contribution in [0.4, 0.5) is 5.69 Å². The molecule has 8 nitrogen and oxygen atoms in total. The Morgan fingerprint density at radius 3 is 2.17 bits per heavy atom. The predicted molar refractivity (Wildman–Crippen MR) is 190 cm³/mol. The van der Waals surface area contributed by atoms with Crippen LogP contribution in [0.3, 0.4) is 0 Å². The molecule has 252 valence electrons. The summed E-state index contributed by atoms with van der Waals surface area (Å²) in [6, 6.07) is 28.2. The molecule has 0 aromatic heterocycles. The van der Waals surface area contributed by atoms with Crippen LogP contribution < -0.4 is 14.4 Å². The first-order valence-electron chi connectivity index (χ1n) is 16.0. The Bertz CT molecular complexity index is 1800. The van der Waals surface area contributed by atoms with Gasteiger partial charge in [-0.2, -0.15) is 0 Å². The number of anilines is 1. The van der Waals surface area contributed by atoms with Crippen LogP contribution in [0.25, 0.3) is 0 Å². The van der Waals surface area contributed by atoms with Gasteiger partial charge in [-0.1, -0.05) is 103 Å². The molecule has 0 aliphatic heterocycles. The molecular weight excluding hydrogens is 669 g/mol. The van der Waals surface area contributed by atoms with Gasteiger partial charge in [0.25, 0.3) is 10.0 Å². The summed E-state index contributed by atoms with van der Waals surface area (Å²) in [5.74, 6) is -0.566. The average Bonchev–Trinajstić information content (AvgIpc) is 3.61. The Hall–Kier alpha value is -4.05. The minimum absolute atomic E-state index is 0.00530. The molecule has 0 unspecified atom stereocenters. The zero-order chi connectivity index (χ0) is 34.1. The zero-order valence-electron chi connectivity index (χ0n) is 26.7. The second-order valence-electron chi connectivity index (χ2n) is 11.7. The highest BCUT2D eigenvalue weighted by molar-refractivity contribution is 7.92. The van der Waals surface area contributed by atoms with Crippen LogP contribution in [0.15, 0.2) is 108 Å². The molecule has 1 atom stereocenters. The van der Waals surface area contributed by atoms with Crippen LogP contribution in [0.2, 0.25) is 10.0 Å². The summed E-state index contributed by atoms with van der Waals surface area (Å²) < 4.78 is 35.5. The summed E-state index contributed by atoms with van der Waals surface area (Å²) in [5.41, 5.74) is 1.70. The van der Waals surface area contributed by atoms with E-state index in [1.165, 1.54) is 17.0 Å². The highest BCUT2D eigenvalue weighted by atomic mass is 35.5. The number of sulfonamides is 1. The molecule has 0 bridgehead atoms. The van der Waals surface area contributed by atoms with E-state index in [0.29, 0.717) is 21.4 Å². The summed E-state index contributed by atoms with van der Waals surface area (Å²) in [5, 5.41) is 3.83. The van der Waals surface area contributed by atoms with Gasteiger partial charge in [0.15, 0.2) is 0 Å². The molecule has 1 fully saturated rings. The number of para-hydroxylation sites is 2. The molecule has 48 heavy (non-hydrogen) atoms. The lowest BCUT2D eigenvalue weighted by atomic mass is 10.0. The molecule has 0 radical (unpaired) electrons. The highest BCUT2D eigenvalue weighted by Crippen LogP contribution is 2.33. The maximum Gasteiger partial charge on any atom is 0.264 e. The van der Waals surface area contributed by atoms with Crippen molar-refractivity contribution in [2.45, 2.75) is 62.6 Å². The van der Waals surface area contributed by atoms with Crippen LogP contribution >= 0.6 is 23.2 Å². The molecule has 1 aliphatic carbocycles. The third-order valence-corrected chi connectivity index (χ3v) is 10.9. The lowest BCUT2D eigenvalue weighted by Gasteiger charge is -2.34. The summed E-state index contributed by atoms with van der Waals surface area (Å²) in [7, 11) is -4.27. The van der Waals surface area contributed by atoms with Gasteiger partial charge in [-0.15, -0.1) is 0 Å². The van der Waals surface area contributed by atoms with Gasteiger partial charge in [0, 0.05) is 19.0 Å². The number of hydrogen-bond donors (Lipinski definition) is 1.